The van der Waals surface area contributed by atoms with Crippen LogP contribution >= 0.6 is 0 Å². The summed E-state index contributed by atoms with van der Waals surface area (Å²) in [6.45, 7) is 7.84. The number of carbonyl (C=O) groups is 1. The van der Waals surface area contributed by atoms with E-state index in [1.54, 1.807) is 18.2 Å². The number of nitrogens with one attached hydrogen (secondary N) is 2. The first kappa shape index (κ1) is 23.5. The maximum atomic E-state index is 12.2. The topological polar surface area (TPSA) is 90.9 Å². The second-order valence-electron chi connectivity index (χ2n) is 8.57. The zero-order valence-electron chi connectivity index (χ0n) is 18.6. The number of allylic oxidation sites excluding steroid dienone is 1. The highest BCUT2D eigenvalue weighted by molar-refractivity contribution is 7.90. The van der Waals surface area contributed by atoms with E-state index in [9.17, 15) is 13.2 Å². The third kappa shape index (κ3) is 6.90. The lowest BCUT2D eigenvalue weighted by atomic mass is 10.0. The Bertz CT molecular complexity index is 928. The van der Waals surface area contributed by atoms with Crippen molar-refractivity contribution in [2.75, 3.05) is 26.2 Å². The SMILES string of the molecule is CC(C)=CCN1CCC(NC(=O)CCCCCN=C2NS(=O)(=O)c3ccccc32)CC1. The van der Waals surface area contributed by atoms with E-state index in [-0.39, 0.29) is 16.8 Å². The predicted octanol–water partition coefficient (Wildman–Crippen LogP) is 2.83. The molecule has 2 aliphatic rings. The van der Waals surface area contributed by atoms with Gasteiger partial charge in [-0.1, -0.05) is 30.2 Å². The number of hydrogen-bond acceptors (Lipinski definition) is 5. The Kier molecular flexibility index (Phi) is 8.26. The van der Waals surface area contributed by atoms with Crippen molar-refractivity contribution in [3.8, 4) is 0 Å². The Morgan fingerprint density at radius 1 is 1.19 bits per heavy atom. The summed E-state index contributed by atoms with van der Waals surface area (Å²) < 4.78 is 26.7. The van der Waals surface area contributed by atoms with Gasteiger partial charge in [-0.25, -0.2) is 8.42 Å². The molecule has 0 radical (unpaired) electrons. The molecule has 0 aromatic heterocycles. The number of likely N-dealkylation sites (tertiary alicyclic amines) is 1. The van der Waals surface area contributed by atoms with Gasteiger partial charge in [-0.05, 0) is 51.7 Å². The summed E-state index contributed by atoms with van der Waals surface area (Å²) in [7, 11) is -3.48. The number of nitrogens with zero attached hydrogens (tertiary/aromatic N) is 2. The van der Waals surface area contributed by atoms with Crippen molar-refractivity contribution in [2.45, 2.75) is 63.3 Å². The summed E-state index contributed by atoms with van der Waals surface area (Å²) in [5, 5.41) is 3.17. The summed E-state index contributed by atoms with van der Waals surface area (Å²) >= 11 is 0. The third-order valence-corrected chi connectivity index (χ3v) is 7.10. The maximum Gasteiger partial charge on any atom is 0.263 e. The van der Waals surface area contributed by atoms with Crippen LogP contribution in [0.3, 0.4) is 0 Å². The minimum atomic E-state index is -3.48. The van der Waals surface area contributed by atoms with Gasteiger partial charge >= 0.3 is 0 Å². The van der Waals surface area contributed by atoms with E-state index in [1.165, 1.54) is 5.57 Å². The summed E-state index contributed by atoms with van der Waals surface area (Å²) in [6, 6.07) is 7.16. The van der Waals surface area contributed by atoms with Crippen LogP contribution in [0.2, 0.25) is 0 Å². The monoisotopic (exact) mass is 446 g/mol. The third-order valence-electron chi connectivity index (χ3n) is 5.71. The number of amides is 1. The average Bonchev–Trinajstić information content (AvgIpc) is 3.00. The van der Waals surface area contributed by atoms with E-state index in [2.05, 4.69) is 39.9 Å². The number of fused-ring (bicyclic) bond motifs is 1. The standard InChI is InChI=1S/C23H34N4O3S/c1-18(2)11-15-27-16-12-19(13-17-27)25-22(28)10-4-3-7-14-24-23-20-8-5-6-9-21(20)31(29,30)26-23/h5-6,8-9,11,19H,3-4,7,10,12-17H2,1-2H3,(H,24,26)(H,25,28). The lowest BCUT2D eigenvalue weighted by Crippen LogP contribution is -2.44. The molecule has 1 amide bonds. The van der Waals surface area contributed by atoms with Gasteiger partial charge in [0.25, 0.3) is 10.0 Å². The highest BCUT2D eigenvalue weighted by Crippen LogP contribution is 2.22. The quantitative estimate of drug-likeness (QED) is 0.451. The molecule has 0 saturated carbocycles. The van der Waals surface area contributed by atoms with Crippen LogP contribution in [0.1, 0.15) is 57.9 Å². The number of carbonyl (C=O) groups excluding carboxylic acids is 1. The molecule has 0 aliphatic carbocycles. The Hall–Kier alpha value is -2.19. The molecule has 2 N–H and O–H groups in total. The Labute approximate surface area is 186 Å². The number of unbranched alkanes of at least 4 members (excludes halogenated alkanes) is 2. The molecule has 1 fully saturated rings. The van der Waals surface area contributed by atoms with Gasteiger partial charge < -0.3 is 5.32 Å². The van der Waals surface area contributed by atoms with Crippen LogP contribution in [0.15, 0.2) is 45.8 Å². The van der Waals surface area contributed by atoms with Crippen LogP contribution in [0, 0.1) is 0 Å². The van der Waals surface area contributed by atoms with Gasteiger partial charge in [0.2, 0.25) is 5.91 Å². The molecule has 0 atom stereocenters. The Morgan fingerprint density at radius 2 is 1.94 bits per heavy atom. The fraction of sp³-hybridized carbons (Fsp3) is 0.565. The van der Waals surface area contributed by atoms with E-state index >= 15 is 0 Å². The normalized spacial score (nSPS) is 19.6. The minimum absolute atomic E-state index is 0.131. The first-order valence-electron chi connectivity index (χ1n) is 11.2. The van der Waals surface area contributed by atoms with Crippen molar-refractivity contribution in [2.24, 2.45) is 4.99 Å². The van der Waals surface area contributed by atoms with Gasteiger partial charge in [0.05, 0.1) is 4.90 Å². The van der Waals surface area contributed by atoms with Crippen LogP contribution in [0.25, 0.3) is 0 Å². The van der Waals surface area contributed by atoms with Crippen molar-refractivity contribution in [1.82, 2.24) is 14.9 Å². The zero-order chi connectivity index (χ0) is 22.3. The van der Waals surface area contributed by atoms with Gasteiger partial charge in [0, 0.05) is 44.2 Å². The zero-order valence-corrected chi connectivity index (χ0v) is 19.4. The smallest absolute Gasteiger partial charge is 0.263 e. The molecule has 31 heavy (non-hydrogen) atoms. The van der Waals surface area contributed by atoms with Crippen LogP contribution in [-0.2, 0) is 14.8 Å². The largest absolute Gasteiger partial charge is 0.353 e. The average molecular weight is 447 g/mol. The predicted molar refractivity (Wildman–Crippen MR) is 124 cm³/mol. The van der Waals surface area contributed by atoms with Gasteiger partial charge in [-0.3, -0.25) is 19.4 Å². The lowest BCUT2D eigenvalue weighted by molar-refractivity contribution is -0.122. The second kappa shape index (κ2) is 10.9. The van der Waals surface area contributed by atoms with Crippen molar-refractivity contribution in [3.05, 3.63) is 41.5 Å². The van der Waals surface area contributed by atoms with E-state index in [1.807, 2.05) is 6.07 Å². The number of amidine groups is 1. The molecule has 2 aliphatic heterocycles. The first-order valence-corrected chi connectivity index (χ1v) is 12.7. The first-order chi connectivity index (χ1) is 14.8. The van der Waals surface area contributed by atoms with Crippen LogP contribution in [0.5, 0.6) is 0 Å². The van der Waals surface area contributed by atoms with Crippen molar-refractivity contribution >= 4 is 21.8 Å². The van der Waals surface area contributed by atoms with E-state index < -0.39 is 10.0 Å². The molecule has 0 spiro atoms. The fourth-order valence-corrected chi connectivity index (χ4v) is 5.14. The fourth-order valence-electron chi connectivity index (χ4n) is 3.89. The number of aliphatic imine (C=N–C) groups is 1. The van der Waals surface area contributed by atoms with Gasteiger partial charge in [0.1, 0.15) is 5.84 Å². The number of piperidine rings is 1. The van der Waals surface area contributed by atoms with Crippen molar-refractivity contribution in [3.63, 3.8) is 0 Å². The summed E-state index contributed by atoms with van der Waals surface area (Å²) in [4.78, 5) is 19.4. The van der Waals surface area contributed by atoms with Crippen LogP contribution in [0.4, 0.5) is 0 Å². The minimum Gasteiger partial charge on any atom is -0.353 e. The van der Waals surface area contributed by atoms with E-state index in [0.717, 1.165) is 51.7 Å². The molecular formula is C23H34N4O3S. The highest BCUT2D eigenvalue weighted by Gasteiger charge is 2.29. The molecule has 1 aromatic carbocycles. The molecule has 1 aromatic rings. The molecule has 2 heterocycles. The number of benzene rings is 1. The molecule has 0 bridgehead atoms. The number of hydrogen-bond donors (Lipinski definition) is 2. The Balaban J connectivity index is 1.30. The maximum absolute atomic E-state index is 12.2. The summed E-state index contributed by atoms with van der Waals surface area (Å²) in [5.41, 5.74) is 1.98. The second-order valence-corrected chi connectivity index (χ2v) is 10.2. The van der Waals surface area contributed by atoms with Gasteiger partial charge in [-0.2, -0.15) is 0 Å². The molecule has 7 nitrogen and oxygen atoms in total. The number of rotatable bonds is 9. The number of sulfonamides is 1. The molecule has 3 rings (SSSR count). The molecule has 1 saturated heterocycles. The van der Waals surface area contributed by atoms with Gasteiger partial charge in [0.15, 0.2) is 0 Å². The van der Waals surface area contributed by atoms with Crippen molar-refractivity contribution in [1.29, 1.82) is 0 Å². The molecule has 0 unspecified atom stereocenters. The summed E-state index contributed by atoms with van der Waals surface area (Å²) in [6.07, 6.45) is 7.34. The Morgan fingerprint density at radius 3 is 2.68 bits per heavy atom. The van der Waals surface area contributed by atoms with Crippen LogP contribution < -0.4 is 10.0 Å². The summed E-state index contributed by atoms with van der Waals surface area (Å²) in [5.74, 6) is 0.552. The van der Waals surface area contributed by atoms with Crippen LogP contribution in [-0.4, -0.2) is 57.3 Å². The highest BCUT2D eigenvalue weighted by atomic mass is 32.2. The van der Waals surface area contributed by atoms with E-state index in [0.29, 0.717) is 24.4 Å². The lowest BCUT2D eigenvalue weighted by Gasteiger charge is -2.31. The molecular weight excluding hydrogens is 412 g/mol. The van der Waals surface area contributed by atoms with Gasteiger partial charge in [-0.15, -0.1) is 0 Å². The molecule has 170 valence electrons. The van der Waals surface area contributed by atoms with E-state index in [4.69, 9.17) is 0 Å². The van der Waals surface area contributed by atoms with Crippen molar-refractivity contribution < 1.29 is 13.2 Å². The molecule has 8 heteroatoms.